The molecule has 0 amide bonds. The van der Waals surface area contributed by atoms with E-state index in [0.29, 0.717) is 22.5 Å². The van der Waals surface area contributed by atoms with Gasteiger partial charge in [0.1, 0.15) is 0 Å². The van der Waals surface area contributed by atoms with Crippen molar-refractivity contribution in [3.63, 3.8) is 0 Å². The Balaban J connectivity index is 2.23. The van der Waals surface area contributed by atoms with E-state index in [1.165, 1.54) is 22.0 Å². The zero-order valence-corrected chi connectivity index (χ0v) is 16.9. The van der Waals surface area contributed by atoms with E-state index >= 15 is 0 Å². The van der Waals surface area contributed by atoms with Gasteiger partial charge in [0.05, 0.1) is 15.7 Å². The standard InChI is InChI=1S/C22H26Cl2N2/c1-3-14(2)15-9-6-10-17-16(8-4-5-13-25)22(26-21(15)17)18-11-7-12-19(23)20(18)24/h6-7,9-12,14,26H,3-5,8,13,25H2,1-2H3. The molecule has 0 bridgehead atoms. The van der Waals surface area contributed by atoms with E-state index in [1.807, 2.05) is 18.2 Å². The van der Waals surface area contributed by atoms with E-state index in [2.05, 4.69) is 37.0 Å². The summed E-state index contributed by atoms with van der Waals surface area (Å²) in [6, 6.07) is 12.4. The molecule has 1 aromatic heterocycles. The lowest BCUT2D eigenvalue weighted by Crippen LogP contribution is -1.99. The van der Waals surface area contributed by atoms with Gasteiger partial charge in [-0.3, -0.25) is 0 Å². The predicted molar refractivity (Wildman–Crippen MR) is 114 cm³/mol. The molecule has 138 valence electrons. The molecule has 0 fully saturated rings. The molecule has 2 nitrogen and oxygen atoms in total. The maximum Gasteiger partial charge on any atom is 0.0685 e. The monoisotopic (exact) mass is 388 g/mol. The highest BCUT2D eigenvalue weighted by Crippen LogP contribution is 2.40. The van der Waals surface area contributed by atoms with Crippen molar-refractivity contribution in [3.8, 4) is 11.3 Å². The second kappa shape index (κ2) is 8.47. The number of aromatic nitrogens is 1. The van der Waals surface area contributed by atoms with Crippen molar-refractivity contribution in [1.29, 1.82) is 0 Å². The Morgan fingerprint density at radius 1 is 1.08 bits per heavy atom. The molecule has 0 spiro atoms. The van der Waals surface area contributed by atoms with Crippen molar-refractivity contribution in [3.05, 3.63) is 57.6 Å². The maximum atomic E-state index is 6.55. The number of hydrogen-bond donors (Lipinski definition) is 2. The van der Waals surface area contributed by atoms with E-state index in [4.69, 9.17) is 28.9 Å². The van der Waals surface area contributed by atoms with Gasteiger partial charge < -0.3 is 10.7 Å². The van der Waals surface area contributed by atoms with Crippen LogP contribution in [0.15, 0.2) is 36.4 Å². The van der Waals surface area contributed by atoms with E-state index < -0.39 is 0 Å². The summed E-state index contributed by atoms with van der Waals surface area (Å²) in [5, 5.41) is 2.47. The van der Waals surface area contributed by atoms with Crippen molar-refractivity contribution < 1.29 is 0 Å². The molecule has 3 aromatic rings. The molecular formula is C22H26Cl2N2. The van der Waals surface area contributed by atoms with Crippen LogP contribution in [0.4, 0.5) is 0 Å². The molecule has 0 saturated carbocycles. The summed E-state index contributed by atoms with van der Waals surface area (Å²) in [6.45, 7) is 5.22. The number of halogens is 2. The van der Waals surface area contributed by atoms with Crippen LogP contribution in [0.5, 0.6) is 0 Å². The highest BCUT2D eigenvalue weighted by molar-refractivity contribution is 6.43. The van der Waals surface area contributed by atoms with E-state index in [0.717, 1.165) is 36.9 Å². The molecule has 1 heterocycles. The number of H-pyrrole nitrogens is 1. The zero-order chi connectivity index (χ0) is 18.7. The summed E-state index contributed by atoms with van der Waals surface area (Å²) in [4.78, 5) is 3.68. The summed E-state index contributed by atoms with van der Waals surface area (Å²) in [7, 11) is 0. The minimum Gasteiger partial charge on any atom is -0.354 e. The van der Waals surface area contributed by atoms with E-state index in [-0.39, 0.29) is 0 Å². The Labute approximate surface area is 165 Å². The molecule has 0 saturated heterocycles. The quantitative estimate of drug-likeness (QED) is 0.422. The number of nitrogens with one attached hydrogen (secondary N) is 1. The van der Waals surface area contributed by atoms with Crippen LogP contribution in [0.25, 0.3) is 22.2 Å². The van der Waals surface area contributed by atoms with Crippen LogP contribution in [-0.4, -0.2) is 11.5 Å². The highest BCUT2D eigenvalue weighted by atomic mass is 35.5. The van der Waals surface area contributed by atoms with Crippen LogP contribution < -0.4 is 5.73 Å². The smallest absolute Gasteiger partial charge is 0.0685 e. The van der Waals surface area contributed by atoms with Crippen molar-refractivity contribution in [1.82, 2.24) is 4.98 Å². The Morgan fingerprint density at radius 2 is 1.85 bits per heavy atom. The molecular weight excluding hydrogens is 363 g/mol. The van der Waals surface area contributed by atoms with Crippen LogP contribution in [-0.2, 0) is 6.42 Å². The number of rotatable bonds is 7. The topological polar surface area (TPSA) is 41.8 Å². The fraction of sp³-hybridized carbons (Fsp3) is 0.364. The lowest BCUT2D eigenvalue weighted by Gasteiger charge is -2.10. The van der Waals surface area contributed by atoms with Crippen LogP contribution in [0.1, 0.15) is 50.2 Å². The highest BCUT2D eigenvalue weighted by Gasteiger charge is 2.19. The molecule has 1 unspecified atom stereocenters. The molecule has 0 aliphatic carbocycles. The van der Waals surface area contributed by atoms with Gasteiger partial charge in [-0.25, -0.2) is 0 Å². The Morgan fingerprint density at radius 3 is 2.58 bits per heavy atom. The minimum absolute atomic E-state index is 0.497. The number of hydrogen-bond acceptors (Lipinski definition) is 1. The average Bonchev–Trinajstić information content (AvgIpc) is 3.02. The molecule has 0 aliphatic rings. The second-order valence-corrected chi connectivity index (χ2v) is 7.69. The molecule has 0 aliphatic heterocycles. The van der Waals surface area contributed by atoms with Gasteiger partial charge >= 0.3 is 0 Å². The van der Waals surface area contributed by atoms with Crippen molar-refractivity contribution in [2.45, 2.75) is 45.4 Å². The van der Waals surface area contributed by atoms with Gasteiger partial charge in [-0.2, -0.15) is 0 Å². The SMILES string of the molecule is CCC(C)c1cccc2c(CCCCN)c(-c3cccc(Cl)c3Cl)[nH]c12. The third-order valence-electron chi connectivity index (χ3n) is 5.22. The lowest BCUT2D eigenvalue weighted by atomic mass is 9.94. The van der Waals surface area contributed by atoms with Gasteiger partial charge in [0.2, 0.25) is 0 Å². The molecule has 4 heteroatoms. The number of para-hydroxylation sites is 1. The number of aryl methyl sites for hydroxylation is 1. The van der Waals surface area contributed by atoms with Gasteiger partial charge in [0, 0.05) is 16.5 Å². The van der Waals surface area contributed by atoms with Gasteiger partial charge in [0.15, 0.2) is 0 Å². The normalized spacial score (nSPS) is 12.7. The fourth-order valence-electron chi connectivity index (χ4n) is 3.56. The number of benzene rings is 2. The van der Waals surface area contributed by atoms with Gasteiger partial charge in [-0.15, -0.1) is 0 Å². The third kappa shape index (κ3) is 3.64. The van der Waals surface area contributed by atoms with Crippen LogP contribution in [0.3, 0.4) is 0 Å². The van der Waals surface area contributed by atoms with Crippen LogP contribution in [0.2, 0.25) is 10.0 Å². The van der Waals surface area contributed by atoms with Gasteiger partial charge in [-0.1, -0.05) is 67.4 Å². The largest absolute Gasteiger partial charge is 0.354 e. The number of unbranched alkanes of at least 4 members (excludes halogenated alkanes) is 1. The molecule has 3 N–H and O–H groups in total. The fourth-order valence-corrected chi connectivity index (χ4v) is 3.95. The summed E-state index contributed by atoms with van der Waals surface area (Å²) in [6.07, 6.45) is 4.15. The van der Waals surface area contributed by atoms with Crippen LogP contribution >= 0.6 is 23.2 Å². The Hall–Kier alpha value is -1.48. The Bertz CT molecular complexity index is 899. The number of aromatic amines is 1. The van der Waals surface area contributed by atoms with Crippen molar-refractivity contribution in [2.24, 2.45) is 5.73 Å². The van der Waals surface area contributed by atoms with Crippen molar-refractivity contribution >= 4 is 34.1 Å². The lowest BCUT2D eigenvalue weighted by molar-refractivity contribution is 0.738. The second-order valence-electron chi connectivity index (χ2n) is 6.90. The Kier molecular flexibility index (Phi) is 6.29. The first-order valence-corrected chi connectivity index (χ1v) is 10.1. The van der Waals surface area contributed by atoms with Gasteiger partial charge in [-0.05, 0) is 55.3 Å². The molecule has 26 heavy (non-hydrogen) atoms. The van der Waals surface area contributed by atoms with Crippen molar-refractivity contribution in [2.75, 3.05) is 6.54 Å². The summed E-state index contributed by atoms with van der Waals surface area (Å²) < 4.78 is 0. The van der Waals surface area contributed by atoms with E-state index in [9.17, 15) is 0 Å². The predicted octanol–water partition coefficient (Wildman–Crippen LogP) is 6.94. The van der Waals surface area contributed by atoms with E-state index in [1.54, 1.807) is 0 Å². The average molecular weight is 389 g/mol. The third-order valence-corrected chi connectivity index (χ3v) is 6.04. The number of fused-ring (bicyclic) bond motifs is 1. The molecule has 2 aromatic carbocycles. The first-order chi connectivity index (χ1) is 12.6. The minimum atomic E-state index is 0.497. The first-order valence-electron chi connectivity index (χ1n) is 9.36. The maximum absolute atomic E-state index is 6.55. The van der Waals surface area contributed by atoms with Gasteiger partial charge in [0.25, 0.3) is 0 Å². The first kappa shape index (κ1) is 19.3. The molecule has 3 rings (SSSR count). The zero-order valence-electron chi connectivity index (χ0n) is 15.4. The summed E-state index contributed by atoms with van der Waals surface area (Å²) >= 11 is 12.8. The van der Waals surface area contributed by atoms with Crippen LogP contribution in [0, 0.1) is 0 Å². The molecule has 1 atom stereocenters. The number of nitrogens with two attached hydrogens (primary N) is 1. The molecule has 0 radical (unpaired) electrons. The summed E-state index contributed by atoms with van der Waals surface area (Å²) in [5.41, 5.74) is 11.6. The summed E-state index contributed by atoms with van der Waals surface area (Å²) in [5.74, 6) is 0.497.